The van der Waals surface area contributed by atoms with Crippen molar-refractivity contribution in [2.24, 2.45) is 0 Å². The van der Waals surface area contributed by atoms with Gasteiger partial charge in [-0.1, -0.05) is 25.0 Å². The molecular weight excluding hydrogens is 406 g/mol. The predicted octanol–water partition coefficient (Wildman–Crippen LogP) is 6.11. The fourth-order valence-corrected chi connectivity index (χ4v) is 4.17. The van der Waals surface area contributed by atoms with E-state index in [0.29, 0.717) is 0 Å². The first-order valence-electron chi connectivity index (χ1n) is 11.4. The minimum Gasteiger partial charge on any atom is -0.494 e. The smallest absolute Gasteiger partial charge is 0.457 e. The van der Waals surface area contributed by atoms with Crippen LogP contribution < -0.4 is 4.74 Å². The lowest BCUT2D eigenvalue weighted by atomic mass is 9.82. The van der Waals surface area contributed by atoms with Crippen LogP contribution in [0, 0.1) is 5.82 Å². The molecule has 0 atom stereocenters. The van der Waals surface area contributed by atoms with E-state index < -0.39 is 0 Å². The lowest BCUT2D eigenvalue weighted by Gasteiger charge is -2.32. The summed E-state index contributed by atoms with van der Waals surface area (Å²) >= 11 is 0. The second-order valence-electron chi connectivity index (χ2n) is 9.46. The third kappa shape index (κ3) is 4.41. The standard InChI is InChI=1S/C25H32BFN2O3/c1-24(2)25(3,4)32-26(31-24)15-9-6-10-16-29-21-12-8-7-11-20(21)28-23(29)18-13-14-22(30-5)19(27)17-18/h7-8,11-14,17H,6,9-10,15-16H2,1-5H3. The highest BCUT2D eigenvalue weighted by Crippen LogP contribution is 2.38. The Labute approximate surface area is 190 Å². The van der Waals surface area contributed by atoms with Gasteiger partial charge in [0.05, 0.1) is 29.3 Å². The van der Waals surface area contributed by atoms with E-state index in [4.69, 9.17) is 19.0 Å². The van der Waals surface area contributed by atoms with Gasteiger partial charge in [-0.3, -0.25) is 0 Å². The number of aromatic nitrogens is 2. The van der Waals surface area contributed by atoms with Crippen LogP contribution in [0.1, 0.15) is 47.0 Å². The summed E-state index contributed by atoms with van der Waals surface area (Å²) in [5.74, 6) is 0.629. The molecule has 0 amide bonds. The van der Waals surface area contributed by atoms with Crippen molar-refractivity contribution in [3.05, 3.63) is 48.3 Å². The second-order valence-corrected chi connectivity index (χ2v) is 9.46. The van der Waals surface area contributed by atoms with Gasteiger partial charge in [-0.2, -0.15) is 0 Å². The van der Waals surface area contributed by atoms with E-state index >= 15 is 0 Å². The molecule has 1 aliphatic rings. The Morgan fingerprint density at radius 1 is 1.00 bits per heavy atom. The molecule has 3 aromatic rings. The number of aryl methyl sites for hydroxylation is 1. The number of halogens is 1. The Morgan fingerprint density at radius 3 is 2.41 bits per heavy atom. The number of hydrogen-bond acceptors (Lipinski definition) is 4. The van der Waals surface area contributed by atoms with Crippen LogP contribution in [0.4, 0.5) is 4.39 Å². The molecule has 0 spiro atoms. The third-order valence-electron chi connectivity index (χ3n) is 6.69. The molecule has 0 saturated carbocycles. The van der Waals surface area contributed by atoms with Crippen LogP contribution in [0.3, 0.4) is 0 Å². The van der Waals surface area contributed by atoms with Crippen LogP contribution in [0.5, 0.6) is 5.75 Å². The molecule has 170 valence electrons. The first kappa shape index (κ1) is 22.8. The maximum atomic E-state index is 14.3. The number of benzene rings is 2. The summed E-state index contributed by atoms with van der Waals surface area (Å²) in [4.78, 5) is 4.79. The third-order valence-corrected chi connectivity index (χ3v) is 6.69. The largest absolute Gasteiger partial charge is 0.494 e. The van der Waals surface area contributed by atoms with Crippen LogP contribution in [-0.2, 0) is 15.9 Å². The molecule has 4 rings (SSSR count). The number of methoxy groups -OCH3 is 1. The first-order valence-corrected chi connectivity index (χ1v) is 11.4. The van der Waals surface area contributed by atoms with E-state index in [-0.39, 0.29) is 29.9 Å². The fraction of sp³-hybridized carbons (Fsp3) is 0.480. The molecule has 2 aromatic carbocycles. The summed E-state index contributed by atoms with van der Waals surface area (Å²) in [6, 6.07) is 13.1. The molecule has 0 aliphatic carbocycles. The molecule has 5 nitrogen and oxygen atoms in total. The zero-order chi connectivity index (χ0) is 22.9. The maximum Gasteiger partial charge on any atom is 0.457 e. The van der Waals surface area contributed by atoms with Gasteiger partial charge in [-0.15, -0.1) is 0 Å². The van der Waals surface area contributed by atoms with E-state index in [1.807, 2.05) is 24.3 Å². The van der Waals surface area contributed by atoms with Crippen molar-refractivity contribution < 1.29 is 18.4 Å². The molecular formula is C25H32BFN2O3. The van der Waals surface area contributed by atoms with Gasteiger partial charge in [-0.25, -0.2) is 9.37 Å². The number of rotatable bonds is 8. The van der Waals surface area contributed by atoms with Gasteiger partial charge < -0.3 is 18.6 Å². The van der Waals surface area contributed by atoms with Crippen molar-refractivity contribution in [3.63, 3.8) is 0 Å². The topological polar surface area (TPSA) is 45.5 Å². The van der Waals surface area contributed by atoms with Crippen LogP contribution in [0.15, 0.2) is 42.5 Å². The molecule has 1 aliphatic heterocycles. The Bertz CT molecular complexity index is 1080. The monoisotopic (exact) mass is 438 g/mol. The highest BCUT2D eigenvalue weighted by molar-refractivity contribution is 6.45. The van der Waals surface area contributed by atoms with Gasteiger partial charge >= 0.3 is 7.12 Å². The molecule has 0 unspecified atom stereocenters. The summed E-state index contributed by atoms with van der Waals surface area (Å²) in [5.41, 5.74) is 2.16. The lowest BCUT2D eigenvalue weighted by molar-refractivity contribution is 0.00578. The van der Waals surface area contributed by atoms with Gasteiger partial charge in [0.2, 0.25) is 0 Å². The average molecular weight is 438 g/mol. The average Bonchev–Trinajstić information content (AvgIpc) is 3.21. The zero-order valence-electron chi connectivity index (χ0n) is 19.7. The van der Waals surface area contributed by atoms with E-state index in [9.17, 15) is 4.39 Å². The highest BCUT2D eigenvalue weighted by Gasteiger charge is 2.50. The molecule has 1 fully saturated rings. The Morgan fingerprint density at radius 2 is 1.72 bits per heavy atom. The molecule has 7 heteroatoms. The summed E-state index contributed by atoms with van der Waals surface area (Å²) in [6.45, 7) is 9.15. The lowest BCUT2D eigenvalue weighted by Crippen LogP contribution is -2.41. The molecule has 0 N–H and O–H groups in total. The minimum absolute atomic E-state index is 0.146. The highest BCUT2D eigenvalue weighted by atomic mass is 19.1. The van der Waals surface area contributed by atoms with Crippen molar-refractivity contribution in [2.45, 2.75) is 71.0 Å². The minimum atomic E-state index is -0.383. The maximum absolute atomic E-state index is 14.3. The first-order chi connectivity index (χ1) is 15.2. The van der Waals surface area contributed by atoms with Crippen LogP contribution in [0.2, 0.25) is 6.32 Å². The number of unbranched alkanes of at least 4 members (excludes halogenated alkanes) is 2. The predicted molar refractivity (Wildman–Crippen MR) is 126 cm³/mol. The van der Waals surface area contributed by atoms with E-state index in [0.717, 1.165) is 54.5 Å². The summed E-state index contributed by atoms with van der Waals surface area (Å²) < 4.78 is 33.8. The van der Waals surface area contributed by atoms with Crippen LogP contribution >= 0.6 is 0 Å². The normalized spacial score (nSPS) is 17.2. The summed E-state index contributed by atoms with van der Waals surface area (Å²) in [7, 11) is 1.32. The Balaban J connectivity index is 1.43. The number of imidazole rings is 1. The van der Waals surface area contributed by atoms with Gasteiger partial charge in [0.1, 0.15) is 5.82 Å². The number of hydrogen-bond donors (Lipinski definition) is 0. The van der Waals surface area contributed by atoms with E-state index in [2.05, 4.69) is 38.3 Å². The number of para-hydroxylation sites is 2. The number of ether oxygens (including phenoxy) is 1. The van der Waals surface area contributed by atoms with Gasteiger partial charge in [0.25, 0.3) is 0 Å². The van der Waals surface area contributed by atoms with Crippen LogP contribution in [-0.4, -0.2) is 35.0 Å². The van der Waals surface area contributed by atoms with Gasteiger partial charge in [-0.05, 0) is 70.8 Å². The molecule has 1 aromatic heterocycles. The quantitative estimate of drug-likeness (QED) is 0.314. The van der Waals surface area contributed by atoms with E-state index in [1.165, 1.54) is 13.2 Å². The Kier molecular flexibility index (Phi) is 6.32. The van der Waals surface area contributed by atoms with Gasteiger partial charge in [0, 0.05) is 12.1 Å². The fourth-order valence-electron chi connectivity index (χ4n) is 4.17. The summed E-state index contributed by atoms with van der Waals surface area (Å²) in [5, 5.41) is 0. The second kappa shape index (κ2) is 8.87. The van der Waals surface area contributed by atoms with Crippen molar-refractivity contribution in [1.82, 2.24) is 9.55 Å². The molecule has 32 heavy (non-hydrogen) atoms. The molecule has 0 radical (unpaired) electrons. The van der Waals surface area contributed by atoms with Crippen molar-refractivity contribution in [3.8, 4) is 17.1 Å². The molecule has 2 heterocycles. The van der Waals surface area contributed by atoms with Gasteiger partial charge in [0.15, 0.2) is 11.6 Å². The molecule has 0 bridgehead atoms. The van der Waals surface area contributed by atoms with Crippen LogP contribution in [0.25, 0.3) is 22.4 Å². The molecule has 1 saturated heterocycles. The SMILES string of the molecule is COc1ccc(-c2nc3ccccc3n2CCCCCB2OC(C)(C)C(C)(C)O2)cc1F. The van der Waals surface area contributed by atoms with Crippen molar-refractivity contribution in [2.75, 3.05) is 7.11 Å². The van der Waals surface area contributed by atoms with Crippen molar-refractivity contribution in [1.29, 1.82) is 0 Å². The Hall–Kier alpha value is -2.38. The van der Waals surface area contributed by atoms with Crippen molar-refractivity contribution >= 4 is 18.2 Å². The zero-order valence-corrected chi connectivity index (χ0v) is 19.7. The van der Waals surface area contributed by atoms with E-state index in [1.54, 1.807) is 6.07 Å². The number of nitrogens with zero attached hydrogens (tertiary/aromatic N) is 2. The number of fused-ring (bicyclic) bond motifs is 1. The summed E-state index contributed by atoms with van der Waals surface area (Å²) in [6.07, 6.45) is 3.95.